The van der Waals surface area contributed by atoms with Crippen LogP contribution in [0, 0.1) is 5.41 Å². The van der Waals surface area contributed by atoms with Crippen LogP contribution in [0.4, 0.5) is 0 Å². The summed E-state index contributed by atoms with van der Waals surface area (Å²) in [6.45, 7) is 20.3. The summed E-state index contributed by atoms with van der Waals surface area (Å²) >= 11 is 0. The first-order chi connectivity index (χ1) is 10.6. The Kier molecular flexibility index (Phi) is 11.2. The van der Waals surface area contributed by atoms with Crippen molar-refractivity contribution in [2.75, 3.05) is 13.2 Å². The van der Waals surface area contributed by atoms with Crippen LogP contribution in [0.3, 0.4) is 0 Å². The molecule has 0 heterocycles. The largest absolute Gasteiger partial charge is 0.418 e. The summed E-state index contributed by atoms with van der Waals surface area (Å²) in [4.78, 5) is 0. The third kappa shape index (κ3) is 11.5. The highest BCUT2D eigenvalue weighted by molar-refractivity contribution is 6.73. The predicted molar refractivity (Wildman–Crippen MR) is 109 cm³/mol. The minimum atomic E-state index is -1.48. The van der Waals surface area contributed by atoms with Crippen LogP contribution in [-0.4, -0.2) is 29.8 Å². The highest BCUT2D eigenvalue weighted by Gasteiger charge is 2.32. The van der Waals surface area contributed by atoms with Crippen LogP contribution in [0.15, 0.2) is 0 Å². The van der Waals surface area contributed by atoms with E-state index in [1.165, 1.54) is 37.4 Å². The van der Waals surface area contributed by atoms with Crippen LogP contribution >= 0.6 is 0 Å². The first-order valence-electron chi connectivity index (χ1n) is 9.87. The van der Waals surface area contributed by atoms with Gasteiger partial charge in [-0.15, -0.1) is 0 Å². The highest BCUT2D eigenvalue weighted by atomic mass is 28.4. The van der Waals surface area contributed by atoms with E-state index in [1.807, 2.05) is 0 Å². The zero-order valence-electron chi connectivity index (χ0n) is 17.4. The van der Waals surface area contributed by atoms with E-state index in [-0.39, 0.29) is 0 Å². The van der Waals surface area contributed by atoms with Crippen LogP contribution in [-0.2, 0) is 8.85 Å². The molecular formula is C19H44O2Si2. The standard InChI is InChI=1S/C19H44O2Si2/c1-9-16-23(17-10-2,18-11-3)21-15-13-19(4,5)12-14-20-22(6,7)8/h9-18H2,1-8H3. The first kappa shape index (κ1) is 23.4. The van der Waals surface area contributed by atoms with Crippen molar-refractivity contribution in [3.05, 3.63) is 0 Å². The zero-order valence-corrected chi connectivity index (χ0v) is 19.4. The summed E-state index contributed by atoms with van der Waals surface area (Å²) in [6.07, 6.45) is 6.14. The van der Waals surface area contributed by atoms with E-state index in [2.05, 4.69) is 54.3 Å². The number of rotatable bonds is 14. The Balaban J connectivity index is 4.38. The van der Waals surface area contributed by atoms with Crippen LogP contribution in [0.1, 0.15) is 66.7 Å². The second kappa shape index (κ2) is 11.1. The molecule has 2 nitrogen and oxygen atoms in total. The van der Waals surface area contributed by atoms with Gasteiger partial charge in [0.25, 0.3) is 0 Å². The molecule has 0 atom stereocenters. The van der Waals surface area contributed by atoms with Gasteiger partial charge in [-0.3, -0.25) is 0 Å². The minimum Gasteiger partial charge on any atom is -0.418 e. The molecule has 0 saturated heterocycles. The summed E-state index contributed by atoms with van der Waals surface area (Å²) in [6, 6.07) is 4.02. The first-order valence-corrected chi connectivity index (χ1v) is 15.8. The van der Waals surface area contributed by atoms with Gasteiger partial charge in [-0.2, -0.15) is 0 Å². The molecule has 0 rings (SSSR count). The van der Waals surface area contributed by atoms with Crippen molar-refractivity contribution in [1.29, 1.82) is 0 Å². The molecule has 0 spiro atoms. The lowest BCUT2D eigenvalue weighted by molar-refractivity contribution is 0.173. The summed E-state index contributed by atoms with van der Waals surface area (Å²) in [7, 11) is -2.86. The van der Waals surface area contributed by atoms with E-state index >= 15 is 0 Å². The van der Waals surface area contributed by atoms with Gasteiger partial charge in [0.05, 0.1) is 0 Å². The SMILES string of the molecule is CCC[Si](CCC)(CCC)OCCC(C)(C)CCO[Si](C)(C)C. The van der Waals surface area contributed by atoms with Gasteiger partial charge in [-0.25, -0.2) is 0 Å². The molecule has 0 aliphatic rings. The second-order valence-corrected chi connectivity index (χ2v) is 17.6. The van der Waals surface area contributed by atoms with Crippen molar-refractivity contribution >= 4 is 16.6 Å². The van der Waals surface area contributed by atoms with Crippen LogP contribution in [0.5, 0.6) is 0 Å². The van der Waals surface area contributed by atoms with Crippen molar-refractivity contribution in [3.8, 4) is 0 Å². The highest BCUT2D eigenvalue weighted by Crippen LogP contribution is 2.30. The van der Waals surface area contributed by atoms with E-state index in [0.717, 1.165) is 26.1 Å². The van der Waals surface area contributed by atoms with Crippen LogP contribution < -0.4 is 0 Å². The third-order valence-corrected chi connectivity index (χ3v) is 10.7. The van der Waals surface area contributed by atoms with Gasteiger partial charge in [-0.1, -0.05) is 53.9 Å². The van der Waals surface area contributed by atoms with Gasteiger partial charge in [-0.05, 0) is 56.0 Å². The molecule has 0 N–H and O–H groups in total. The zero-order chi connectivity index (χ0) is 18.0. The topological polar surface area (TPSA) is 18.5 Å². The van der Waals surface area contributed by atoms with E-state index in [1.54, 1.807) is 0 Å². The summed E-state index contributed by atoms with van der Waals surface area (Å²) in [5, 5.41) is 0. The lowest BCUT2D eigenvalue weighted by atomic mass is 9.86. The average molecular weight is 361 g/mol. The lowest BCUT2D eigenvalue weighted by Gasteiger charge is -2.33. The van der Waals surface area contributed by atoms with E-state index in [9.17, 15) is 0 Å². The molecule has 0 aliphatic carbocycles. The molecule has 0 radical (unpaired) electrons. The Hall–Kier alpha value is 0.354. The fraction of sp³-hybridized carbons (Fsp3) is 1.00. The van der Waals surface area contributed by atoms with Gasteiger partial charge >= 0.3 is 0 Å². The smallest absolute Gasteiger partial charge is 0.192 e. The van der Waals surface area contributed by atoms with Crippen molar-refractivity contribution < 1.29 is 8.85 Å². The molecule has 0 fully saturated rings. The van der Waals surface area contributed by atoms with Crippen molar-refractivity contribution in [2.45, 2.75) is 104 Å². The molecule has 0 saturated carbocycles. The van der Waals surface area contributed by atoms with E-state index in [0.29, 0.717) is 5.41 Å². The second-order valence-electron chi connectivity index (χ2n) is 8.91. The van der Waals surface area contributed by atoms with Gasteiger partial charge in [0.2, 0.25) is 0 Å². The third-order valence-electron chi connectivity index (χ3n) is 4.62. The van der Waals surface area contributed by atoms with Crippen molar-refractivity contribution in [1.82, 2.24) is 0 Å². The molecule has 4 heteroatoms. The molecule has 0 aliphatic heterocycles. The van der Waals surface area contributed by atoms with E-state index < -0.39 is 16.6 Å². The Bertz CT molecular complexity index is 281. The Morgan fingerprint density at radius 1 is 0.696 bits per heavy atom. The Morgan fingerprint density at radius 3 is 1.43 bits per heavy atom. The van der Waals surface area contributed by atoms with Gasteiger partial charge < -0.3 is 8.85 Å². The number of hydrogen-bond donors (Lipinski definition) is 0. The molecule has 0 unspecified atom stereocenters. The normalized spacial score (nSPS) is 13.6. The predicted octanol–water partition coefficient (Wildman–Crippen LogP) is 6.84. The van der Waals surface area contributed by atoms with Gasteiger partial charge in [0, 0.05) is 13.2 Å². The monoisotopic (exact) mass is 360 g/mol. The van der Waals surface area contributed by atoms with Crippen molar-refractivity contribution in [2.24, 2.45) is 5.41 Å². The molecule has 23 heavy (non-hydrogen) atoms. The van der Waals surface area contributed by atoms with Crippen LogP contribution in [0.25, 0.3) is 0 Å². The van der Waals surface area contributed by atoms with Gasteiger partial charge in [0.1, 0.15) is 0 Å². The molecular weight excluding hydrogens is 316 g/mol. The minimum absolute atomic E-state index is 0.324. The fourth-order valence-electron chi connectivity index (χ4n) is 3.26. The molecule has 0 aromatic rings. The molecule has 0 aromatic carbocycles. The average Bonchev–Trinajstić information content (AvgIpc) is 2.37. The lowest BCUT2D eigenvalue weighted by Crippen LogP contribution is -2.38. The maximum absolute atomic E-state index is 6.64. The quantitative estimate of drug-likeness (QED) is 0.316. The summed E-state index contributed by atoms with van der Waals surface area (Å²) in [5.74, 6) is 0. The fourth-order valence-corrected chi connectivity index (χ4v) is 8.43. The molecule has 0 amide bonds. The van der Waals surface area contributed by atoms with Crippen LogP contribution in [0.2, 0.25) is 37.8 Å². The molecule has 0 bridgehead atoms. The maximum Gasteiger partial charge on any atom is 0.192 e. The number of hydrogen-bond acceptors (Lipinski definition) is 2. The summed E-state index contributed by atoms with van der Waals surface area (Å²) in [5.41, 5.74) is 0.324. The molecule has 140 valence electrons. The van der Waals surface area contributed by atoms with Gasteiger partial charge in [0.15, 0.2) is 16.6 Å². The maximum atomic E-state index is 6.64. The summed E-state index contributed by atoms with van der Waals surface area (Å²) < 4.78 is 12.7. The Labute approximate surface area is 149 Å². The molecule has 0 aromatic heterocycles. The van der Waals surface area contributed by atoms with E-state index in [4.69, 9.17) is 8.85 Å². The van der Waals surface area contributed by atoms with Crippen molar-refractivity contribution in [3.63, 3.8) is 0 Å². The Morgan fingerprint density at radius 2 is 1.09 bits per heavy atom.